The molecule has 0 spiro atoms. The lowest BCUT2D eigenvalue weighted by Gasteiger charge is -2.28. The zero-order valence-corrected chi connectivity index (χ0v) is 19.6. The number of nitrogens with zero attached hydrogens (tertiary/aromatic N) is 3. The molecule has 0 fully saturated rings. The molecule has 0 heterocycles. The summed E-state index contributed by atoms with van der Waals surface area (Å²) in [5.41, 5.74) is -0.654. The van der Waals surface area contributed by atoms with Crippen LogP contribution in [0.5, 0.6) is 0 Å². The maximum atomic E-state index is 14.4. The molecule has 11 nitrogen and oxygen atoms in total. The SMILES string of the molecule is Cc1ccc(C(CF)N(S(=O)(=O)c2ccc([N+](=O)[O-])cc2)S(=O)(=O)c2ccccc2[N+](=O)[O-])cc1. The summed E-state index contributed by atoms with van der Waals surface area (Å²) in [6.07, 6.45) is 0. The molecule has 0 amide bonds. The Kier molecular flexibility index (Phi) is 7.28. The van der Waals surface area contributed by atoms with Gasteiger partial charge in [0.25, 0.3) is 31.4 Å². The summed E-state index contributed by atoms with van der Waals surface area (Å²) < 4.78 is 68.8. The largest absolute Gasteiger partial charge is 0.289 e. The van der Waals surface area contributed by atoms with Gasteiger partial charge in [0.05, 0.1) is 20.8 Å². The van der Waals surface area contributed by atoms with Crippen molar-refractivity contribution in [1.82, 2.24) is 3.71 Å². The molecule has 0 N–H and O–H groups in total. The van der Waals surface area contributed by atoms with Gasteiger partial charge in [-0.05, 0) is 30.7 Å². The van der Waals surface area contributed by atoms with Crippen molar-refractivity contribution in [2.24, 2.45) is 0 Å². The fourth-order valence-electron chi connectivity index (χ4n) is 3.29. The highest BCUT2D eigenvalue weighted by Gasteiger charge is 2.45. The van der Waals surface area contributed by atoms with Crippen LogP contribution in [0.1, 0.15) is 17.2 Å². The summed E-state index contributed by atoms with van der Waals surface area (Å²) >= 11 is 0. The molecule has 0 aromatic heterocycles. The Morgan fingerprint density at radius 1 is 0.829 bits per heavy atom. The first-order valence-electron chi connectivity index (χ1n) is 9.81. The van der Waals surface area contributed by atoms with Crippen LogP contribution in [0, 0.1) is 27.2 Å². The van der Waals surface area contributed by atoms with Gasteiger partial charge in [-0.15, -0.1) is 0 Å². The van der Waals surface area contributed by atoms with Crippen LogP contribution >= 0.6 is 0 Å². The third-order valence-corrected chi connectivity index (χ3v) is 9.42. The summed E-state index contributed by atoms with van der Waals surface area (Å²) in [4.78, 5) is 19.0. The highest BCUT2D eigenvalue weighted by atomic mass is 32.3. The summed E-state index contributed by atoms with van der Waals surface area (Å²) in [5.74, 6) is 0. The van der Waals surface area contributed by atoms with Crippen molar-refractivity contribution in [2.45, 2.75) is 22.8 Å². The summed E-state index contributed by atoms with van der Waals surface area (Å²) in [6.45, 7) is 0.221. The second-order valence-corrected chi connectivity index (χ2v) is 11.1. The second kappa shape index (κ2) is 9.85. The maximum Gasteiger partial charge on any atom is 0.289 e. The third-order valence-electron chi connectivity index (χ3n) is 5.02. The Bertz CT molecular complexity index is 1480. The van der Waals surface area contributed by atoms with E-state index in [4.69, 9.17) is 0 Å². The molecule has 0 aliphatic rings. The normalized spacial score (nSPS) is 12.9. The van der Waals surface area contributed by atoms with E-state index in [0.29, 0.717) is 0 Å². The number of nitro benzene ring substituents is 2. The van der Waals surface area contributed by atoms with E-state index in [9.17, 15) is 41.5 Å². The van der Waals surface area contributed by atoms with E-state index in [1.807, 2.05) is 0 Å². The van der Waals surface area contributed by atoms with Crippen LogP contribution in [-0.2, 0) is 20.0 Å². The van der Waals surface area contributed by atoms with E-state index < -0.39 is 63.8 Å². The third kappa shape index (κ3) is 5.03. The molecule has 35 heavy (non-hydrogen) atoms. The lowest BCUT2D eigenvalue weighted by atomic mass is 10.1. The number of aryl methyl sites for hydroxylation is 1. The lowest BCUT2D eigenvalue weighted by molar-refractivity contribution is -0.387. The molecule has 3 rings (SSSR count). The summed E-state index contributed by atoms with van der Waals surface area (Å²) in [6, 6.07) is 11.2. The summed E-state index contributed by atoms with van der Waals surface area (Å²) in [7, 11) is -10.4. The highest BCUT2D eigenvalue weighted by Crippen LogP contribution is 2.37. The first-order valence-corrected chi connectivity index (χ1v) is 12.7. The average molecular weight is 524 g/mol. The Hall–Kier alpha value is -3.75. The zero-order chi connectivity index (χ0) is 26.0. The van der Waals surface area contributed by atoms with E-state index in [1.165, 1.54) is 30.3 Å². The monoisotopic (exact) mass is 523 g/mol. The van der Waals surface area contributed by atoms with Crippen LogP contribution in [0.2, 0.25) is 0 Å². The minimum Gasteiger partial charge on any atom is -0.258 e. The van der Waals surface area contributed by atoms with Crippen molar-refractivity contribution >= 4 is 31.4 Å². The van der Waals surface area contributed by atoms with Gasteiger partial charge in [0.1, 0.15) is 6.67 Å². The first-order chi connectivity index (χ1) is 16.4. The van der Waals surface area contributed by atoms with E-state index in [1.54, 1.807) is 6.92 Å². The topological polar surface area (TPSA) is 158 Å². The minimum atomic E-state index is -5.25. The number of rotatable bonds is 9. The number of hydrogen-bond acceptors (Lipinski definition) is 8. The zero-order valence-electron chi connectivity index (χ0n) is 18.0. The molecule has 14 heteroatoms. The fraction of sp³-hybridized carbons (Fsp3) is 0.143. The van der Waals surface area contributed by atoms with Crippen molar-refractivity contribution < 1.29 is 31.1 Å². The van der Waals surface area contributed by atoms with Crippen molar-refractivity contribution in [2.75, 3.05) is 6.67 Å². The molecule has 0 bridgehead atoms. The number of halogens is 1. The average Bonchev–Trinajstić information content (AvgIpc) is 2.82. The number of sulfonamides is 2. The van der Waals surface area contributed by atoms with Crippen LogP contribution in [0.3, 0.4) is 0 Å². The number of hydrogen-bond donors (Lipinski definition) is 0. The van der Waals surface area contributed by atoms with Gasteiger partial charge in [0.2, 0.25) is 0 Å². The Morgan fingerprint density at radius 3 is 1.91 bits per heavy atom. The molecule has 3 aromatic carbocycles. The van der Waals surface area contributed by atoms with Crippen LogP contribution in [0.25, 0.3) is 0 Å². The van der Waals surface area contributed by atoms with Crippen LogP contribution < -0.4 is 0 Å². The first kappa shape index (κ1) is 25.9. The van der Waals surface area contributed by atoms with Crippen molar-refractivity contribution in [3.63, 3.8) is 0 Å². The fourth-order valence-corrected chi connectivity index (χ4v) is 7.38. The van der Waals surface area contributed by atoms with E-state index in [2.05, 4.69) is 0 Å². The summed E-state index contributed by atoms with van der Waals surface area (Å²) in [5, 5.41) is 22.4. The van der Waals surface area contributed by atoms with Crippen molar-refractivity contribution in [3.8, 4) is 0 Å². The quantitative estimate of drug-likeness (QED) is 0.302. The number of para-hydroxylation sites is 1. The molecule has 0 saturated carbocycles. The second-order valence-electron chi connectivity index (χ2n) is 7.29. The number of benzene rings is 3. The Balaban J connectivity index is 2.31. The molecule has 184 valence electrons. The lowest BCUT2D eigenvalue weighted by Crippen LogP contribution is -2.41. The molecule has 1 unspecified atom stereocenters. The van der Waals surface area contributed by atoms with E-state index in [-0.39, 0.29) is 9.27 Å². The predicted molar refractivity (Wildman–Crippen MR) is 122 cm³/mol. The van der Waals surface area contributed by atoms with Crippen LogP contribution in [-0.4, -0.2) is 37.1 Å². The minimum absolute atomic E-state index is 0.0225. The molecular formula is C21H18FN3O8S2. The molecule has 0 aliphatic heterocycles. The van der Waals surface area contributed by atoms with Gasteiger partial charge in [-0.25, -0.2) is 21.2 Å². The van der Waals surface area contributed by atoms with Crippen molar-refractivity contribution in [1.29, 1.82) is 0 Å². The number of alkyl halides is 1. The smallest absolute Gasteiger partial charge is 0.258 e. The van der Waals surface area contributed by atoms with Gasteiger partial charge in [-0.1, -0.05) is 45.7 Å². The molecule has 0 saturated heterocycles. The van der Waals surface area contributed by atoms with E-state index >= 15 is 0 Å². The van der Waals surface area contributed by atoms with Crippen LogP contribution in [0.15, 0.2) is 82.6 Å². The number of nitro groups is 2. The molecular weight excluding hydrogens is 505 g/mol. The highest BCUT2D eigenvalue weighted by molar-refractivity contribution is 8.04. The van der Waals surface area contributed by atoms with Gasteiger partial charge >= 0.3 is 0 Å². The van der Waals surface area contributed by atoms with Crippen molar-refractivity contribution in [3.05, 3.63) is 104 Å². The maximum absolute atomic E-state index is 14.4. The Labute approximate surface area is 199 Å². The molecule has 3 aromatic rings. The molecule has 1 atom stereocenters. The van der Waals surface area contributed by atoms with Gasteiger partial charge < -0.3 is 0 Å². The Morgan fingerprint density at radius 2 is 1.40 bits per heavy atom. The van der Waals surface area contributed by atoms with E-state index in [0.717, 1.165) is 48.0 Å². The van der Waals surface area contributed by atoms with Gasteiger partial charge in [0.15, 0.2) is 4.90 Å². The van der Waals surface area contributed by atoms with Gasteiger partial charge in [-0.2, -0.15) is 0 Å². The molecule has 0 radical (unpaired) electrons. The van der Waals surface area contributed by atoms with Crippen LogP contribution in [0.4, 0.5) is 15.8 Å². The molecule has 0 aliphatic carbocycles. The predicted octanol–water partition coefficient (Wildman–Crippen LogP) is 3.90. The number of non-ortho nitro benzene ring substituents is 1. The van der Waals surface area contributed by atoms with Gasteiger partial charge in [0, 0.05) is 18.2 Å². The standard InChI is InChI=1S/C21H18FN3O8S2/c1-15-6-8-16(9-7-15)20(14-22)25(34(30,31)18-12-10-17(11-13-18)23(26)27)35(32,33)21-5-3-2-4-19(21)24(28)29/h2-13,20H,14H2,1H3. The van der Waals surface area contributed by atoms with Gasteiger partial charge in [-0.3, -0.25) is 20.2 Å².